The Morgan fingerprint density at radius 3 is 2.71 bits per heavy atom. The molecular weight excluding hydrogens is 439 g/mol. The van der Waals surface area contributed by atoms with Crippen molar-refractivity contribution in [2.75, 3.05) is 18.4 Å². The van der Waals surface area contributed by atoms with E-state index in [0.29, 0.717) is 17.3 Å². The predicted octanol–water partition coefficient (Wildman–Crippen LogP) is 5.46. The Hall–Kier alpha value is -3.18. The lowest BCUT2D eigenvalue weighted by atomic mass is 9.97. The number of nitriles is 1. The first-order valence-corrected chi connectivity index (χ1v) is 11.5. The van der Waals surface area contributed by atoms with Crippen molar-refractivity contribution in [2.45, 2.75) is 57.8 Å². The van der Waals surface area contributed by atoms with Crippen LogP contribution in [-0.4, -0.2) is 40.2 Å². The van der Waals surface area contributed by atoms with Crippen LogP contribution in [0.3, 0.4) is 0 Å². The number of hydrogen-bond acceptors (Lipinski definition) is 5. The number of nitrogens with one attached hydrogen (secondary N) is 1. The summed E-state index contributed by atoms with van der Waals surface area (Å²) in [4.78, 5) is 10.9. The van der Waals surface area contributed by atoms with Crippen molar-refractivity contribution in [3.8, 4) is 6.07 Å². The molecule has 1 aromatic heterocycles. The van der Waals surface area contributed by atoms with Gasteiger partial charge in [-0.2, -0.15) is 18.4 Å². The molecule has 34 heavy (non-hydrogen) atoms. The molecule has 0 amide bonds. The summed E-state index contributed by atoms with van der Waals surface area (Å²) in [5, 5.41) is 12.6. The number of nitrogens with zero attached hydrogens (tertiary/aromatic N) is 4. The number of anilines is 1. The average Bonchev–Trinajstić information content (AvgIpc) is 3.24. The van der Waals surface area contributed by atoms with Gasteiger partial charge in [-0.3, -0.25) is 4.90 Å². The van der Waals surface area contributed by atoms with Crippen LogP contribution < -0.4 is 5.32 Å². The Kier molecular flexibility index (Phi) is 7.03. The SMILES string of the molecule is C=Cc1nc(CCC(F)(F)F)cc(NC2CCN(Cc3ccc4c(c3C)C=C(C#N)C4)CC2)n1. The molecule has 0 atom stereocenters. The minimum atomic E-state index is -4.22. The standard InChI is InChI=1S/C26H28F3N5/c1-3-24-32-22(6-9-26(27,28)29)14-25(33-24)31-21-7-10-34(11-8-21)16-20-5-4-19-12-18(15-30)13-23(19)17(20)2/h3-5,13-14,21H,1,6-12,16H2,2H3,(H,31,32,33). The van der Waals surface area contributed by atoms with Gasteiger partial charge >= 0.3 is 6.18 Å². The second-order valence-corrected chi connectivity index (χ2v) is 9.00. The third-order valence-corrected chi connectivity index (χ3v) is 6.54. The number of fused-ring (bicyclic) bond motifs is 1. The fourth-order valence-corrected chi connectivity index (χ4v) is 4.62. The van der Waals surface area contributed by atoms with Gasteiger partial charge in [-0.1, -0.05) is 18.7 Å². The summed E-state index contributed by atoms with van der Waals surface area (Å²) in [6, 6.07) is 8.38. The second-order valence-electron chi connectivity index (χ2n) is 9.00. The zero-order valence-corrected chi connectivity index (χ0v) is 19.3. The van der Waals surface area contributed by atoms with E-state index in [2.05, 4.69) is 51.9 Å². The molecule has 178 valence electrons. The fourth-order valence-electron chi connectivity index (χ4n) is 4.62. The Balaban J connectivity index is 1.35. The Labute approximate surface area is 198 Å². The maximum atomic E-state index is 12.6. The van der Waals surface area contributed by atoms with Crippen LogP contribution in [0.25, 0.3) is 12.2 Å². The molecule has 0 radical (unpaired) electrons. The van der Waals surface area contributed by atoms with Crippen LogP contribution in [0, 0.1) is 18.3 Å². The molecule has 1 aromatic carbocycles. The normalized spacial score (nSPS) is 16.6. The first-order chi connectivity index (χ1) is 16.2. The van der Waals surface area contributed by atoms with Gasteiger partial charge in [0.2, 0.25) is 0 Å². The number of aromatic nitrogens is 2. The minimum absolute atomic E-state index is 0.175. The zero-order chi connectivity index (χ0) is 24.3. The highest BCUT2D eigenvalue weighted by molar-refractivity contribution is 5.70. The fraction of sp³-hybridized carbons (Fsp3) is 0.423. The summed E-state index contributed by atoms with van der Waals surface area (Å²) in [6.45, 7) is 8.46. The van der Waals surface area contributed by atoms with Gasteiger partial charge in [-0.25, -0.2) is 9.97 Å². The number of likely N-dealkylation sites (tertiary alicyclic amines) is 1. The summed E-state index contributed by atoms with van der Waals surface area (Å²) < 4.78 is 37.8. The summed E-state index contributed by atoms with van der Waals surface area (Å²) in [6.07, 6.45) is 0.704. The van der Waals surface area contributed by atoms with Gasteiger partial charge in [0.05, 0.1) is 6.07 Å². The Morgan fingerprint density at radius 2 is 2.03 bits per heavy atom. The molecule has 2 aromatic rings. The zero-order valence-electron chi connectivity index (χ0n) is 19.3. The number of halogens is 3. The van der Waals surface area contributed by atoms with E-state index in [1.807, 2.05) is 6.08 Å². The maximum absolute atomic E-state index is 12.6. The van der Waals surface area contributed by atoms with Gasteiger partial charge in [0.1, 0.15) is 5.82 Å². The van der Waals surface area contributed by atoms with E-state index < -0.39 is 12.6 Å². The quantitative estimate of drug-likeness (QED) is 0.586. The van der Waals surface area contributed by atoms with Crippen LogP contribution >= 0.6 is 0 Å². The van der Waals surface area contributed by atoms with Gasteiger partial charge in [0.25, 0.3) is 0 Å². The van der Waals surface area contributed by atoms with Crippen molar-refractivity contribution in [2.24, 2.45) is 0 Å². The van der Waals surface area contributed by atoms with Gasteiger partial charge in [-0.15, -0.1) is 0 Å². The number of hydrogen-bond donors (Lipinski definition) is 1. The van der Waals surface area contributed by atoms with Crippen LogP contribution in [0.2, 0.25) is 0 Å². The maximum Gasteiger partial charge on any atom is 0.389 e. The lowest BCUT2D eigenvalue weighted by Gasteiger charge is -2.33. The number of alkyl halides is 3. The molecule has 0 bridgehead atoms. The van der Waals surface area contributed by atoms with Gasteiger partial charge in [0.15, 0.2) is 5.82 Å². The van der Waals surface area contributed by atoms with Gasteiger partial charge < -0.3 is 5.32 Å². The molecule has 5 nitrogen and oxygen atoms in total. The van der Waals surface area contributed by atoms with Crippen molar-refractivity contribution in [3.05, 3.63) is 64.1 Å². The lowest BCUT2D eigenvalue weighted by Crippen LogP contribution is -2.39. The van der Waals surface area contributed by atoms with E-state index in [-0.39, 0.29) is 12.5 Å². The van der Waals surface area contributed by atoms with E-state index in [1.54, 1.807) is 6.07 Å². The van der Waals surface area contributed by atoms with Crippen LogP contribution in [0.4, 0.5) is 19.0 Å². The van der Waals surface area contributed by atoms with Crippen LogP contribution in [-0.2, 0) is 19.4 Å². The van der Waals surface area contributed by atoms with Crippen LogP contribution in [0.1, 0.15) is 53.0 Å². The highest BCUT2D eigenvalue weighted by Gasteiger charge is 2.27. The molecule has 0 spiro atoms. The highest BCUT2D eigenvalue weighted by atomic mass is 19.4. The van der Waals surface area contributed by atoms with E-state index in [9.17, 15) is 18.4 Å². The smallest absolute Gasteiger partial charge is 0.367 e. The molecular formula is C26H28F3N5. The molecule has 1 aliphatic carbocycles. The van der Waals surface area contributed by atoms with Crippen molar-refractivity contribution < 1.29 is 13.2 Å². The first kappa shape index (κ1) is 24.0. The molecule has 2 heterocycles. The number of benzene rings is 1. The van der Waals surface area contributed by atoms with Crippen molar-refractivity contribution in [1.29, 1.82) is 5.26 Å². The molecule has 1 fully saturated rings. The first-order valence-electron chi connectivity index (χ1n) is 11.5. The molecule has 4 rings (SSSR count). The third-order valence-electron chi connectivity index (χ3n) is 6.54. The molecule has 2 aliphatic rings. The summed E-state index contributed by atoms with van der Waals surface area (Å²) >= 11 is 0. The number of piperidine rings is 1. The molecule has 1 N–H and O–H groups in total. The predicted molar refractivity (Wildman–Crippen MR) is 127 cm³/mol. The van der Waals surface area contributed by atoms with Crippen molar-refractivity contribution in [3.63, 3.8) is 0 Å². The minimum Gasteiger partial charge on any atom is -0.367 e. The van der Waals surface area contributed by atoms with E-state index in [1.165, 1.54) is 28.3 Å². The summed E-state index contributed by atoms with van der Waals surface area (Å²) in [7, 11) is 0. The van der Waals surface area contributed by atoms with E-state index >= 15 is 0 Å². The van der Waals surface area contributed by atoms with Gasteiger partial charge in [0, 0.05) is 55.9 Å². The third kappa shape index (κ3) is 5.84. The monoisotopic (exact) mass is 467 g/mol. The van der Waals surface area contributed by atoms with Crippen molar-refractivity contribution >= 4 is 18.0 Å². The van der Waals surface area contributed by atoms with E-state index in [4.69, 9.17) is 0 Å². The highest BCUT2D eigenvalue weighted by Crippen LogP contribution is 2.30. The topological polar surface area (TPSA) is 64.8 Å². The molecule has 8 heteroatoms. The van der Waals surface area contributed by atoms with Crippen LogP contribution in [0.15, 0.2) is 30.4 Å². The molecule has 0 saturated carbocycles. The number of rotatable bonds is 7. The lowest BCUT2D eigenvalue weighted by molar-refractivity contribution is -0.134. The molecule has 0 unspecified atom stereocenters. The number of allylic oxidation sites excluding steroid dienone is 1. The van der Waals surface area contributed by atoms with E-state index in [0.717, 1.165) is 44.5 Å². The average molecular weight is 468 g/mol. The number of aryl methyl sites for hydroxylation is 1. The Morgan fingerprint density at radius 1 is 1.26 bits per heavy atom. The van der Waals surface area contributed by atoms with Crippen LogP contribution in [0.5, 0.6) is 0 Å². The summed E-state index contributed by atoms with van der Waals surface area (Å²) in [5.41, 5.74) is 6.11. The van der Waals surface area contributed by atoms with Crippen molar-refractivity contribution in [1.82, 2.24) is 14.9 Å². The second kappa shape index (κ2) is 9.98. The summed E-state index contributed by atoms with van der Waals surface area (Å²) in [5.74, 6) is 0.885. The Bertz CT molecular complexity index is 1140. The van der Waals surface area contributed by atoms with Gasteiger partial charge in [-0.05, 0) is 60.6 Å². The molecule has 1 aliphatic heterocycles. The molecule has 1 saturated heterocycles. The largest absolute Gasteiger partial charge is 0.389 e.